The zero-order valence-corrected chi connectivity index (χ0v) is 13.1. The van der Waals surface area contributed by atoms with Gasteiger partial charge in [0.05, 0.1) is 0 Å². The molecule has 1 aromatic heterocycles. The highest BCUT2D eigenvalue weighted by atomic mass is 16.1. The molecule has 1 fully saturated rings. The van der Waals surface area contributed by atoms with Crippen molar-refractivity contribution in [2.24, 2.45) is 0 Å². The number of carbonyl (C=O) groups is 1. The number of hydrogen-bond donors (Lipinski definition) is 2. The Hall–Kier alpha value is -1.69. The van der Waals surface area contributed by atoms with Crippen molar-refractivity contribution in [2.75, 3.05) is 25.5 Å². The number of anilines is 1. The number of aromatic nitrogens is 2. The summed E-state index contributed by atoms with van der Waals surface area (Å²) in [6.07, 6.45) is 4.69. The molecule has 0 aliphatic heterocycles. The van der Waals surface area contributed by atoms with Gasteiger partial charge < -0.3 is 15.5 Å². The van der Waals surface area contributed by atoms with Gasteiger partial charge in [0, 0.05) is 25.7 Å². The first-order valence-corrected chi connectivity index (χ1v) is 7.67. The van der Waals surface area contributed by atoms with Crippen molar-refractivity contribution in [2.45, 2.75) is 44.7 Å². The zero-order chi connectivity index (χ0) is 15.2. The molecule has 1 heterocycles. The van der Waals surface area contributed by atoms with Gasteiger partial charge in [0.1, 0.15) is 0 Å². The van der Waals surface area contributed by atoms with Crippen molar-refractivity contribution in [3.63, 3.8) is 0 Å². The lowest BCUT2D eigenvalue weighted by Gasteiger charge is -2.35. The summed E-state index contributed by atoms with van der Waals surface area (Å²) in [5.74, 6) is 0.657. The van der Waals surface area contributed by atoms with Gasteiger partial charge >= 0.3 is 0 Å². The molecule has 1 saturated carbocycles. The SMILES string of the molecule is CCNC(=O)c1ccc(N(C)C2CCC(NC)CC2)nn1. The minimum absolute atomic E-state index is 0.172. The molecule has 0 unspecified atom stereocenters. The van der Waals surface area contributed by atoms with Crippen LogP contribution in [0.1, 0.15) is 43.1 Å². The molecule has 1 aromatic rings. The first-order chi connectivity index (χ1) is 10.2. The summed E-state index contributed by atoms with van der Waals surface area (Å²) >= 11 is 0. The van der Waals surface area contributed by atoms with Gasteiger partial charge in [-0.3, -0.25) is 4.79 Å². The predicted molar refractivity (Wildman–Crippen MR) is 83.5 cm³/mol. The molecule has 1 amide bonds. The van der Waals surface area contributed by atoms with E-state index in [9.17, 15) is 4.79 Å². The largest absolute Gasteiger partial charge is 0.355 e. The number of hydrogen-bond acceptors (Lipinski definition) is 5. The quantitative estimate of drug-likeness (QED) is 0.853. The molecule has 1 aliphatic rings. The van der Waals surface area contributed by atoms with E-state index in [1.165, 1.54) is 12.8 Å². The van der Waals surface area contributed by atoms with E-state index in [1.54, 1.807) is 6.07 Å². The molecule has 2 rings (SSSR count). The van der Waals surface area contributed by atoms with E-state index in [-0.39, 0.29) is 5.91 Å². The summed E-state index contributed by atoms with van der Waals surface area (Å²) in [5, 5.41) is 14.3. The van der Waals surface area contributed by atoms with Crippen LogP contribution in [0.5, 0.6) is 0 Å². The summed E-state index contributed by atoms with van der Waals surface area (Å²) in [7, 11) is 4.08. The third-order valence-corrected chi connectivity index (χ3v) is 4.23. The average Bonchev–Trinajstić information content (AvgIpc) is 2.54. The second-order valence-electron chi connectivity index (χ2n) is 5.54. The molecule has 0 radical (unpaired) electrons. The highest BCUT2D eigenvalue weighted by Gasteiger charge is 2.24. The first kappa shape index (κ1) is 15.7. The molecule has 0 spiro atoms. The van der Waals surface area contributed by atoms with E-state index < -0.39 is 0 Å². The Bertz CT molecular complexity index is 454. The highest BCUT2D eigenvalue weighted by molar-refractivity contribution is 5.92. The zero-order valence-electron chi connectivity index (χ0n) is 13.1. The number of nitrogens with zero attached hydrogens (tertiary/aromatic N) is 3. The van der Waals surface area contributed by atoms with E-state index in [0.29, 0.717) is 24.3 Å². The van der Waals surface area contributed by atoms with Gasteiger partial charge in [-0.25, -0.2) is 0 Å². The monoisotopic (exact) mass is 291 g/mol. The Labute approximate surface area is 126 Å². The third-order valence-electron chi connectivity index (χ3n) is 4.23. The first-order valence-electron chi connectivity index (χ1n) is 7.67. The highest BCUT2D eigenvalue weighted by Crippen LogP contribution is 2.25. The van der Waals surface area contributed by atoms with Crippen molar-refractivity contribution < 1.29 is 4.79 Å². The van der Waals surface area contributed by atoms with Gasteiger partial charge in [0.2, 0.25) is 0 Å². The Morgan fingerprint density at radius 2 is 2.00 bits per heavy atom. The van der Waals surface area contributed by atoms with Crippen LogP contribution in [0.3, 0.4) is 0 Å². The van der Waals surface area contributed by atoms with E-state index >= 15 is 0 Å². The normalized spacial score (nSPS) is 21.9. The maximum atomic E-state index is 11.7. The second kappa shape index (κ2) is 7.36. The fourth-order valence-corrected chi connectivity index (χ4v) is 2.82. The maximum absolute atomic E-state index is 11.7. The number of rotatable bonds is 5. The van der Waals surface area contributed by atoms with Crippen molar-refractivity contribution >= 4 is 11.7 Å². The van der Waals surface area contributed by atoms with E-state index in [4.69, 9.17) is 0 Å². The molecular weight excluding hydrogens is 266 g/mol. The summed E-state index contributed by atoms with van der Waals surface area (Å²) in [4.78, 5) is 13.8. The standard InChI is InChI=1S/C15H25N5O/c1-4-17-15(21)13-9-10-14(19-18-13)20(3)12-7-5-11(16-2)6-8-12/h9-12,16H,4-8H2,1-3H3,(H,17,21). The fraction of sp³-hybridized carbons (Fsp3) is 0.667. The molecule has 6 heteroatoms. The summed E-state index contributed by atoms with van der Waals surface area (Å²) < 4.78 is 0. The van der Waals surface area contributed by atoms with Crippen LogP contribution in [0.25, 0.3) is 0 Å². The van der Waals surface area contributed by atoms with E-state index in [0.717, 1.165) is 18.7 Å². The lowest BCUT2D eigenvalue weighted by molar-refractivity contribution is 0.0950. The Morgan fingerprint density at radius 1 is 1.29 bits per heavy atom. The van der Waals surface area contributed by atoms with E-state index in [2.05, 4.69) is 32.8 Å². The van der Waals surface area contributed by atoms with Crippen LogP contribution in [0, 0.1) is 0 Å². The van der Waals surface area contributed by atoms with Gasteiger partial charge in [0.15, 0.2) is 11.5 Å². The molecule has 116 valence electrons. The van der Waals surface area contributed by atoms with Gasteiger partial charge in [0.25, 0.3) is 5.91 Å². The molecule has 2 N–H and O–H groups in total. The van der Waals surface area contributed by atoms with Crippen molar-refractivity contribution in [1.29, 1.82) is 0 Å². The molecule has 1 aliphatic carbocycles. The molecule has 21 heavy (non-hydrogen) atoms. The number of amides is 1. The lowest BCUT2D eigenvalue weighted by atomic mass is 9.90. The lowest BCUT2D eigenvalue weighted by Crippen LogP contribution is -2.40. The summed E-state index contributed by atoms with van der Waals surface area (Å²) in [5.41, 5.74) is 0.368. The van der Waals surface area contributed by atoms with Crippen molar-refractivity contribution in [3.05, 3.63) is 17.8 Å². The van der Waals surface area contributed by atoms with Gasteiger partial charge in [-0.2, -0.15) is 0 Å². The van der Waals surface area contributed by atoms with E-state index in [1.807, 2.05) is 20.0 Å². The second-order valence-corrected chi connectivity index (χ2v) is 5.54. The van der Waals surface area contributed by atoms with Crippen LogP contribution < -0.4 is 15.5 Å². The van der Waals surface area contributed by atoms with Crippen LogP contribution in [-0.2, 0) is 0 Å². The summed E-state index contributed by atoms with van der Waals surface area (Å²) in [6.45, 7) is 2.48. The molecule has 0 atom stereocenters. The number of carbonyl (C=O) groups excluding carboxylic acids is 1. The van der Waals surface area contributed by atoms with Gasteiger partial charge in [-0.15, -0.1) is 10.2 Å². The minimum atomic E-state index is -0.172. The van der Waals surface area contributed by atoms with Gasteiger partial charge in [-0.1, -0.05) is 0 Å². The van der Waals surface area contributed by atoms with Crippen LogP contribution in [0.4, 0.5) is 5.82 Å². The van der Waals surface area contributed by atoms with Crippen LogP contribution >= 0.6 is 0 Å². The van der Waals surface area contributed by atoms with Crippen LogP contribution in [0.2, 0.25) is 0 Å². The topological polar surface area (TPSA) is 70.2 Å². The third kappa shape index (κ3) is 3.91. The Kier molecular flexibility index (Phi) is 5.50. The molecule has 0 aromatic carbocycles. The van der Waals surface area contributed by atoms with Crippen molar-refractivity contribution in [3.8, 4) is 0 Å². The molecule has 6 nitrogen and oxygen atoms in total. The molecular formula is C15H25N5O. The maximum Gasteiger partial charge on any atom is 0.271 e. The van der Waals surface area contributed by atoms with Crippen LogP contribution in [-0.4, -0.2) is 48.8 Å². The van der Waals surface area contributed by atoms with Crippen LogP contribution in [0.15, 0.2) is 12.1 Å². The average molecular weight is 291 g/mol. The Balaban J connectivity index is 1.97. The fourth-order valence-electron chi connectivity index (χ4n) is 2.82. The molecule has 0 bridgehead atoms. The number of nitrogens with one attached hydrogen (secondary N) is 2. The van der Waals surface area contributed by atoms with Gasteiger partial charge in [-0.05, 0) is 51.8 Å². The molecule has 0 saturated heterocycles. The smallest absolute Gasteiger partial charge is 0.271 e. The predicted octanol–water partition coefficient (Wildman–Crippen LogP) is 1.19. The Morgan fingerprint density at radius 3 is 2.52 bits per heavy atom. The minimum Gasteiger partial charge on any atom is -0.355 e. The summed E-state index contributed by atoms with van der Waals surface area (Å²) in [6, 6.07) is 4.75. The van der Waals surface area contributed by atoms with Crippen molar-refractivity contribution in [1.82, 2.24) is 20.8 Å².